The predicted molar refractivity (Wildman–Crippen MR) is 83.1 cm³/mol. The molecule has 0 fully saturated rings. The lowest BCUT2D eigenvalue weighted by Crippen LogP contribution is -2.34. The Morgan fingerprint density at radius 2 is 1.73 bits per heavy atom. The van der Waals surface area contributed by atoms with E-state index < -0.39 is 28.4 Å². The normalized spacial score (nSPS) is 10.4. The molecular formula is C16H20F2N2O2. The maximum Gasteiger partial charge on any atom is 0.256 e. The molecule has 0 spiro atoms. The van der Waals surface area contributed by atoms with Crippen molar-refractivity contribution in [2.45, 2.75) is 33.7 Å². The fourth-order valence-electron chi connectivity index (χ4n) is 2.06. The third-order valence-electron chi connectivity index (χ3n) is 2.89. The number of nitrogens with zero attached hydrogens (tertiary/aromatic N) is 1. The highest BCUT2D eigenvalue weighted by Gasteiger charge is 2.19. The number of amides is 1. The van der Waals surface area contributed by atoms with E-state index in [9.17, 15) is 18.4 Å². The maximum absolute atomic E-state index is 13.8. The summed E-state index contributed by atoms with van der Waals surface area (Å²) in [5.41, 5.74) is -1.18. The van der Waals surface area contributed by atoms with Gasteiger partial charge in [0.1, 0.15) is 17.2 Å². The molecule has 0 radical (unpaired) electrons. The van der Waals surface area contributed by atoms with Crippen molar-refractivity contribution in [1.29, 1.82) is 0 Å². The van der Waals surface area contributed by atoms with Gasteiger partial charge >= 0.3 is 0 Å². The molecule has 22 heavy (non-hydrogen) atoms. The Hall–Kier alpha value is -2.24. The molecule has 1 N–H and O–H groups in total. The van der Waals surface area contributed by atoms with Gasteiger partial charge in [-0.2, -0.15) is 0 Å². The standard InChI is InChI=1S/C14H14F2N2O2.C2H6/c1-7(2)17-14(20)8-6-18(3)12-10(16)5-4-9(15)11(12)13(8)19;1-2/h4-7H,1-3H3,(H,17,20);1-2H3. The van der Waals surface area contributed by atoms with E-state index in [1.54, 1.807) is 13.8 Å². The minimum atomic E-state index is -0.846. The zero-order valence-corrected chi connectivity index (χ0v) is 13.3. The molecule has 0 aliphatic carbocycles. The quantitative estimate of drug-likeness (QED) is 0.927. The van der Waals surface area contributed by atoms with E-state index >= 15 is 0 Å². The van der Waals surface area contributed by atoms with E-state index in [4.69, 9.17) is 0 Å². The van der Waals surface area contributed by atoms with Gasteiger partial charge < -0.3 is 9.88 Å². The number of halogens is 2. The van der Waals surface area contributed by atoms with Crippen molar-refractivity contribution in [2.75, 3.05) is 0 Å². The lowest BCUT2D eigenvalue weighted by atomic mass is 10.1. The van der Waals surface area contributed by atoms with Gasteiger partial charge in [-0.25, -0.2) is 8.78 Å². The van der Waals surface area contributed by atoms with Crippen LogP contribution in [0.3, 0.4) is 0 Å². The Morgan fingerprint density at radius 3 is 2.27 bits per heavy atom. The van der Waals surface area contributed by atoms with Gasteiger partial charge in [-0.15, -0.1) is 0 Å². The lowest BCUT2D eigenvalue weighted by Gasteiger charge is -2.12. The number of hydrogen-bond donors (Lipinski definition) is 1. The van der Waals surface area contributed by atoms with Crippen molar-refractivity contribution in [3.05, 3.63) is 45.8 Å². The molecule has 120 valence electrons. The van der Waals surface area contributed by atoms with Crippen LogP contribution in [-0.4, -0.2) is 16.5 Å². The van der Waals surface area contributed by atoms with Crippen molar-refractivity contribution in [3.63, 3.8) is 0 Å². The number of aryl methyl sites for hydroxylation is 1. The second-order valence-corrected chi connectivity index (χ2v) is 4.86. The first-order valence-electron chi connectivity index (χ1n) is 7.11. The molecule has 0 saturated carbocycles. The molecule has 0 unspecified atom stereocenters. The van der Waals surface area contributed by atoms with Crippen LogP contribution in [0, 0.1) is 11.6 Å². The molecule has 0 atom stereocenters. The summed E-state index contributed by atoms with van der Waals surface area (Å²) in [6.45, 7) is 7.48. The lowest BCUT2D eigenvalue weighted by molar-refractivity contribution is 0.0941. The molecule has 1 aromatic heterocycles. The molecule has 1 amide bonds. The first-order valence-corrected chi connectivity index (χ1v) is 7.11. The van der Waals surface area contributed by atoms with Crippen LogP contribution in [0.1, 0.15) is 38.1 Å². The third kappa shape index (κ3) is 3.32. The highest BCUT2D eigenvalue weighted by Crippen LogP contribution is 2.18. The fourth-order valence-corrected chi connectivity index (χ4v) is 2.06. The second-order valence-electron chi connectivity index (χ2n) is 4.86. The second kappa shape index (κ2) is 7.15. The highest BCUT2D eigenvalue weighted by molar-refractivity contribution is 5.97. The van der Waals surface area contributed by atoms with Gasteiger partial charge in [0.2, 0.25) is 5.43 Å². The SMILES string of the molecule is CC.CC(C)NC(=O)c1cn(C)c2c(F)ccc(F)c2c1=O. The van der Waals surface area contributed by atoms with Gasteiger partial charge in [0.25, 0.3) is 5.91 Å². The summed E-state index contributed by atoms with van der Waals surface area (Å²) in [6, 6.07) is 1.66. The van der Waals surface area contributed by atoms with E-state index in [-0.39, 0.29) is 17.1 Å². The summed E-state index contributed by atoms with van der Waals surface area (Å²) in [4.78, 5) is 24.1. The van der Waals surface area contributed by atoms with Gasteiger partial charge in [0, 0.05) is 19.3 Å². The van der Waals surface area contributed by atoms with Crippen LogP contribution in [0.2, 0.25) is 0 Å². The molecule has 1 aromatic carbocycles. The molecule has 0 aliphatic rings. The van der Waals surface area contributed by atoms with Gasteiger partial charge in [-0.1, -0.05) is 13.8 Å². The topological polar surface area (TPSA) is 51.1 Å². The molecule has 1 heterocycles. The number of nitrogens with one attached hydrogen (secondary N) is 1. The zero-order chi connectivity index (χ0) is 17.0. The van der Waals surface area contributed by atoms with Crippen LogP contribution in [0.25, 0.3) is 10.9 Å². The molecular weight excluding hydrogens is 290 g/mol. The number of rotatable bonds is 2. The third-order valence-corrected chi connectivity index (χ3v) is 2.89. The average molecular weight is 310 g/mol. The van der Waals surface area contributed by atoms with Crippen LogP contribution in [-0.2, 0) is 7.05 Å². The first kappa shape index (κ1) is 17.8. The van der Waals surface area contributed by atoms with Crippen LogP contribution in [0.5, 0.6) is 0 Å². The number of fused-ring (bicyclic) bond motifs is 1. The number of aromatic nitrogens is 1. The number of hydrogen-bond acceptors (Lipinski definition) is 2. The first-order chi connectivity index (χ1) is 10.3. The zero-order valence-electron chi connectivity index (χ0n) is 13.3. The number of carbonyl (C=O) groups is 1. The Balaban J connectivity index is 0.00000116. The maximum atomic E-state index is 13.8. The molecule has 6 heteroatoms. The van der Waals surface area contributed by atoms with Crippen molar-refractivity contribution in [3.8, 4) is 0 Å². The molecule has 2 aromatic rings. The van der Waals surface area contributed by atoms with Crippen molar-refractivity contribution in [1.82, 2.24) is 9.88 Å². The molecule has 0 saturated heterocycles. The van der Waals surface area contributed by atoms with Gasteiger partial charge in [0.05, 0.1) is 10.9 Å². The van der Waals surface area contributed by atoms with Crippen molar-refractivity contribution < 1.29 is 13.6 Å². The molecule has 0 aliphatic heterocycles. The fraction of sp³-hybridized carbons (Fsp3) is 0.375. The van der Waals surface area contributed by atoms with Crippen LogP contribution in [0.15, 0.2) is 23.1 Å². The van der Waals surface area contributed by atoms with Crippen LogP contribution >= 0.6 is 0 Å². The summed E-state index contributed by atoms with van der Waals surface area (Å²) < 4.78 is 28.8. The van der Waals surface area contributed by atoms with Crippen molar-refractivity contribution >= 4 is 16.8 Å². The van der Waals surface area contributed by atoms with Gasteiger partial charge in [-0.05, 0) is 26.0 Å². The van der Waals surface area contributed by atoms with Crippen LogP contribution < -0.4 is 10.7 Å². The number of carbonyl (C=O) groups excluding carboxylic acids is 1. The van der Waals surface area contributed by atoms with E-state index in [2.05, 4.69) is 5.32 Å². The summed E-state index contributed by atoms with van der Waals surface area (Å²) in [6.07, 6.45) is 1.21. The van der Waals surface area contributed by atoms with Gasteiger partial charge in [0.15, 0.2) is 0 Å². The predicted octanol–water partition coefficient (Wildman–Crippen LogP) is 2.98. The summed E-state index contributed by atoms with van der Waals surface area (Å²) >= 11 is 0. The summed E-state index contributed by atoms with van der Waals surface area (Å²) in [7, 11) is 1.45. The van der Waals surface area contributed by atoms with E-state index in [0.29, 0.717) is 0 Å². The van der Waals surface area contributed by atoms with E-state index in [1.165, 1.54) is 17.8 Å². The summed E-state index contributed by atoms with van der Waals surface area (Å²) in [5.74, 6) is -2.16. The number of benzene rings is 1. The number of pyridine rings is 1. The Morgan fingerprint density at radius 1 is 1.18 bits per heavy atom. The Labute approximate surface area is 127 Å². The van der Waals surface area contributed by atoms with Crippen LogP contribution in [0.4, 0.5) is 8.78 Å². The highest BCUT2D eigenvalue weighted by atomic mass is 19.1. The van der Waals surface area contributed by atoms with Gasteiger partial charge in [-0.3, -0.25) is 9.59 Å². The minimum Gasteiger partial charge on any atom is -0.350 e. The average Bonchev–Trinajstić information content (AvgIpc) is 2.46. The largest absolute Gasteiger partial charge is 0.350 e. The monoisotopic (exact) mass is 310 g/mol. The Kier molecular flexibility index (Phi) is 5.79. The summed E-state index contributed by atoms with van der Waals surface area (Å²) in [5, 5.41) is 2.14. The van der Waals surface area contributed by atoms with E-state index in [1.807, 2.05) is 13.8 Å². The Bertz CT molecular complexity index is 752. The molecule has 0 bridgehead atoms. The minimum absolute atomic E-state index is 0.156. The smallest absolute Gasteiger partial charge is 0.256 e. The van der Waals surface area contributed by atoms with E-state index in [0.717, 1.165) is 12.1 Å². The molecule has 4 nitrogen and oxygen atoms in total. The van der Waals surface area contributed by atoms with Crippen molar-refractivity contribution in [2.24, 2.45) is 7.05 Å². The molecule has 2 rings (SSSR count).